The van der Waals surface area contributed by atoms with Crippen LogP contribution >= 0.6 is 0 Å². The van der Waals surface area contributed by atoms with Gasteiger partial charge < -0.3 is 16.0 Å². The number of amides is 2. The molecule has 0 aliphatic carbocycles. The molecule has 0 saturated carbocycles. The third-order valence-electron chi connectivity index (χ3n) is 3.76. The number of halogens is 1. The van der Waals surface area contributed by atoms with Crippen molar-refractivity contribution in [2.24, 2.45) is 0 Å². The molecule has 0 heterocycles. The van der Waals surface area contributed by atoms with E-state index in [-0.39, 0.29) is 11.5 Å². The molecule has 0 saturated heterocycles. The highest BCUT2D eigenvalue weighted by Gasteiger charge is 2.10. The van der Waals surface area contributed by atoms with Crippen molar-refractivity contribution >= 4 is 34.6 Å². The second-order valence-corrected chi connectivity index (χ2v) is 5.89. The Balaban J connectivity index is 1.62. The summed E-state index contributed by atoms with van der Waals surface area (Å²) in [6.45, 7) is 1.46. The minimum absolute atomic E-state index is 0.000961. The zero-order valence-electron chi connectivity index (χ0n) is 14.6. The van der Waals surface area contributed by atoms with Gasteiger partial charge in [0.15, 0.2) is 0 Å². The summed E-state index contributed by atoms with van der Waals surface area (Å²) in [4.78, 5) is 23.2. The molecule has 0 spiro atoms. The van der Waals surface area contributed by atoms with Gasteiger partial charge in [0.2, 0.25) is 5.91 Å². The third-order valence-corrected chi connectivity index (χ3v) is 3.76. The Morgan fingerprint density at radius 3 is 1.70 bits per heavy atom. The highest BCUT2D eigenvalue weighted by molar-refractivity contribution is 6.04. The van der Waals surface area contributed by atoms with E-state index in [9.17, 15) is 14.0 Å². The van der Waals surface area contributed by atoms with Gasteiger partial charge in [-0.15, -0.1) is 0 Å². The third kappa shape index (κ3) is 4.92. The summed E-state index contributed by atoms with van der Waals surface area (Å²) in [6.07, 6.45) is 0. The molecule has 3 aromatic rings. The first kappa shape index (κ1) is 18.1. The maximum absolute atomic E-state index is 13.7. The van der Waals surface area contributed by atoms with Gasteiger partial charge in [-0.1, -0.05) is 12.1 Å². The van der Waals surface area contributed by atoms with E-state index >= 15 is 0 Å². The largest absolute Gasteiger partial charge is 0.356 e. The number of anilines is 4. The minimum atomic E-state index is -0.559. The Bertz CT molecular complexity index is 954. The van der Waals surface area contributed by atoms with Crippen LogP contribution < -0.4 is 16.0 Å². The van der Waals surface area contributed by atoms with Gasteiger partial charge in [0.05, 0.1) is 5.56 Å². The molecule has 0 radical (unpaired) electrons. The second kappa shape index (κ2) is 8.14. The Morgan fingerprint density at radius 1 is 0.704 bits per heavy atom. The highest BCUT2D eigenvalue weighted by Crippen LogP contribution is 2.21. The first-order valence-corrected chi connectivity index (χ1v) is 8.32. The van der Waals surface area contributed by atoms with Crippen molar-refractivity contribution in [3.05, 3.63) is 84.2 Å². The van der Waals surface area contributed by atoms with Crippen LogP contribution in [0.5, 0.6) is 0 Å². The fourth-order valence-corrected chi connectivity index (χ4v) is 2.49. The minimum Gasteiger partial charge on any atom is -0.356 e. The monoisotopic (exact) mass is 363 g/mol. The van der Waals surface area contributed by atoms with Gasteiger partial charge in [-0.2, -0.15) is 0 Å². The fourth-order valence-electron chi connectivity index (χ4n) is 2.49. The number of hydrogen-bond acceptors (Lipinski definition) is 3. The van der Waals surface area contributed by atoms with Crippen LogP contribution in [-0.2, 0) is 4.79 Å². The molecule has 0 bridgehead atoms. The lowest BCUT2D eigenvalue weighted by Crippen LogP contribution is -2.13. The molecule has 3 N–H and O–H groups in total. The van der Waals surface area contributed by atoms with E-state index in [0.29, 0.717) is 5.69 Å². The quantitative estimate of drug-likeness (QED) is 0.611. The first-order valence-electron chi connectivity index (χ1n) is 8.32. The predicted octanol–water partition coefficient (Wildman–Crippen LogP) is 4.78. The van der Waals surface area contributed by atoms with E-state index in [2.05, 4.69) is 16.0 Å². The van der Waals surface area contributed by atoms with Crippen molar-refractivity contribution in [1.82, 2.24) is 0 Å². The molecule has 136 valence electrons. The highest BCUT2D eigenvalue weighted by atomic mass is 19.1. The molecular weight excluding hydrogens is 345 g/mol. The SMILES string of the molecule is CC(=O)Nc1ccc(Nc2ccc(NC(=O)c3ccccc3F)cc2)cc1. The maximum atomic E-state index is 13.7. The van der Waals surface area contributed by atoms with Crippen LogP contribution in [0.15, 0.2) is 72.8 Å². The Hall–Kier alpha value is -3.67. The average molecular weight is 363 g/mol. The van der Waals surface area contributed by atoms with Gasteiger partial charge in [0.25, 0.3) is 5.91 Å². The average Bonchev–Trinajstić information content (AvgIpc) is 2.65. The van der Waals surface area contributed by atoms with Crippen molar-refractivity contribution in [2.75, 3.05) is 16.0 Å². The first-order chi connectivity index (χ1) is 13.0. The zero-order chi connectivity index (χ0) is 19.2. The lowest BCUT2D eigenvalue weighted by Gasteiger charge is -2.10. The van der Waals surface area contributed by atoms with Gasteiger partial charge >= 0.3 is 0 Å². The molecule has 2 amide bonds. The van der Waals surface area contributed by atoms with Gasteiger partial charge in [-0.3, -0.25) is 9.59 Å². The van der Waals surface area contributed by atoms with Crippen LogP contribution in [0.25, 0.3) is 0 Å². The number of carbonyl (C=O) groups excluding carboxylic acids is 2. The molecule has 3 rings (SSSR count). The van der Waals surface area contributed by atoms with E-state index in [1.54, 1.807) is 42.5 Å². The van der Waals surface area contributed by atoms with Crippen molar-refractivity contribution in [3.63, 3.8) is 0 Å². The van der Waals surface area contributed by atoms with Crippen molar-refractivity contribution < 1.29 is 14.0 Å². The van der Waals surface area contributed by atoms with Crippen LogP contribution in [0.2, 0.25) is 0 Å². The molecule has 5 nitrogen and oxygen atoms in total. The lowest BCUT2D eigenvalue weighted by molar-refractivity contribution is -0.114. The number of nitrogens with one attached hydrogen (secondary N) is 3. The number of hydrogen-bond donors (Lipinski definition) is 3. The molecule has 0 unspecified atom stereocenters. The molecule has 6 heteroatoms. The second-order valence-electron chi connectivity index (χ2n) is 5.89. The van der Waals surface area contributed by atoms with Crippen LogP contribution in [0.3, 0.4) is 0 Å². The zero-order valence-corrected chi connectivity index (χ0v) is 14.6. The van der Waals surface area contributed by atoms with E-state index in [1.807, 2.05) is 12.1 Å². The number of carbonyl (C=O) groups is 2. The van der Waals surface area contributed by atoms with Crippen LogP contribution in [-0.4, -0.2) is 11.8 Å². The van der Waals surface area contributed by atoms with Crippen LogP contribution in [0, 0.1) is 5.82 Å². The molecule has 3 aromatic carbocycles. The van der Waals surface area contributed by atoms with Crippen molar-refractivity contribution in [3.8, 4) is 0 Å². The summed E-state index contributed by atoms with van der Waals surface area (Å²) in [5.41, 5.74) is 2.96. The van der Waals surface area contributed by atoms with E-state index in [1.165, 1.54) is 25.1 Å². The Labute approximate surface area is 156 Å². The Morgan fingerprint density at radius 2 is 1.19 bits per heavy atom. The number of rotatable bonds is 5. The Kier molecular flexibility index (Phi) is 5.47. The fraction of sp³-hybridized carbons (Fsp3) is 0.0476. The smallest absolute Gasteiger partial charge is 0.258 e. The summed E-state index contributed by atoms with van der Waals surface area (Å²) in [5, 5.41) is 8.59. The molecular formula is C21H18FN3O2. The van der Waals surface area contributed by atoms with Gasteiger partial charge in [-0.25, -0.2) is 4.39 Å². The van der Waals surface area contributed by atoms with E-state index in [0.717, 1.165) is 17.1 Å². The van der Waals surface area contributed by atoms with Gasteiger partial charge in [-0.05, 0) is 60.7 Å². The summed E-state index contributed by atoms with van der Waals surface area (Å²) in [5.74, 6) is -1.18. The van der Waals surface area contributed by atoms with Gasteiger partial charge in [0, 0.05) is 29.7 Å². The normalized spacial score (nSPS) is 10.1. The maximum Gasteiger partial charge on any atom is 0.258 e. The molecule has 0 aromatic heterocycles. The van der Waals surface area contributed by atoms with Crippen LogP contribution in [0.4, 0.5) is 27.1 Å². The molecule has 0 fully saturated rings. The summed E-state index contributed by atoms with van der Waals surface area (Å²) in [7, 11) is 0. The summed E-state index contributed by atoms with van der Waals surface area (Å²) in [6, 6.07) is 20.2. The molecule has 0 aliphatic rings. The molecule has 0 atom stereocenters. The summed E-state index contributed by atoms with van der Waals surface area (Å²) >= 11 is 0. The molecule has 0 aliphatic heterocycles. The topological polar surface area (TPSA) is 70.2 Å². The molecule has 27 heavy (non-hydrogen) atoms. The van der Waals surface area contributed by atoms with Crippen molar-refractivity contribution in [2.45, 2.75) is 6.92 Å². The van der Waals surface area contributed by atoms with E-state index < -0.39 is 11.7 Å². The number of benzene rings is 3. The standard InChI is InChI=1S/C21H18FN3O2/c1-14(26)23-15-6-8-16(9-7-15)24-17-10-12-18(13-11-17)25-21(27)19-4-2-3-5-20(19)22/h2-13,24H,1H3,(H,23,26)(H,25,27). The van der Waals surface area contributed by atoms with Gasteiger partial charge in [0.1, 0.15) is 5.82 Å². The predicted molar refractivity (Wildman–Crippen MR) is 105 cm³/mol. The van der Waals surface area contributed by atoms with E-state index in [4.69, 9.17) is 0 Å². The van der Waals surface area contributed by atoms with Crippen molar-refractivity contribution in [1.29, 1.82) is 0 Å². The summed E-state index contributed by atoms with van der Waals surface area (Å²) < 4.78 is 13.7. The van der Waals surface area contributed by atoms with Crippen LogP contribution in [0.1, 0.15) is 17.3 Å². The lowest BCUT2D eigenvalue weighted by atomic mass is 10.2.